The summed E-state index contributed by atoms with van der Waals surface area (Å²) in [4.78, 5) is 15.1. The Balaban J connectivity index is 1.45. The number of aromatic nitrogens is 1. The van der Waals surface area contributed by atoms with E-state index in [-0.39, 0.29) is 0 Å². The van der Waals surface area contributed by atoms with Crippen LogP contribution in [0.4, 0.5) is 0 Å². The maximum absolute atomic E-state index is 12.5. The Morgan fingerprint density at radius 2 is 1.83 bits per heavy atom. The minimum atomic E-state index is 0.291. The number of unbranched alkanes of at least 4 members (excludes halogenated alkanes) is 2. The molecule has 0 saturated carbocycles. The molecule has 0 radical (unpaired) electrons. The molecule has 0 bridgehead atoms. The first-order valence-corrected chi connectivity index (χ1v) is 9.05. The lowest BCUT2D eigenvalue weighted by molar-refractivity contribution is 0.0980. The monoisotopic (exact) mass is 312 g/mol. The maximum Gasteiger partial charge on any atom is 0.165 e. The first kappa shape index (κ1) is 16.3. The number of hydrogen-bond donors (Lipinski definition) is 0. The van der Waals surface area contributed by atoms with E-state index in [2.05, 4.69) is 21.6 Å². The fourth-order valence-corrected chi connectivity index (χ4v) is 3.68. The van der Waals surface area contributed by atoms with Crippen LogP contribution >= 0.6 is 0 Å². The zero-order valence-electron chi connectivity index (χ0n) is 14.3. The molecule has 1 aromatic carbocycles. The van der Waals surface area contributed by atoms with Crippen LogP contribution in [-0.2, 0) is 7.05 Å². The standard InChI is InChI=1S/C20H28N2O/c1-21-16-18(17-10-5-6-11-19(17)21)20(23)12-4-2-7-13-22-14-8-3-9-15-22/h5-6,10-11,16H,2-4,7-9,12-15H2,1H3. The van der Waals surface area contributed by atoms with Crippen LogP contribution in [0, 0.1) is 0 Å². The number of fused-ring (bicyclic) bond motifs is 1. The third kappa shape index (κ3) is 4.03. The van der Waals surface area contributed by atoms with E-state index in [4.69, 9.17) is 0 Å². The van der Waals surface area contributed by atoms with E-state index in [1.807, 2.05) is 25.4 Å². The Morgan fingerprint density at radius 3 is 2.65 bits per heavy atom. The molecule has 1 aliphatic rings. The Labute approximate surface area is 139 Å². The number of hydrogen-bond acceptors (Lipinski definition) is 2. The third-order valence-electron chi connectivity index (χ3n) is 5.02. The lowest BCUT2D eigenvalue weighted by atomic mass is 10.0. The van der Waals surface area contributed by atoms with Crippen molar-refractivity contribution in [3.63, 3.8) is 0 Å². The molecule has 23 heavy (non-hydrogen) atoms. The minimum Gasteiger partial charge on any atom is -0.350 e. The van der Waals surface area contributed by atoms with E-state index in [9.17, 15) is 4.79 Å². The SMILES string of the molecule is Cn1cc(C(=O)CCCCCN2CCCCC2)c2ccccc21. The molecule has 1 aliphatic heterocycles. The Bertz CT molecular complexity index is 653. The molecule has 0 unspecified atom stereocenters. The van der Waals surface area contributed by atoms with Crippen LogP contribution in [0.1, 0.15) is 55.3 Å². The number of para-hydroxylation sites is 1. The summed E-state index contributed by atoms with van der Waals surface area (Å²) in [6.45, 7) is 3.76. The number of rotatable bonds is 7. The normalized spacial score (nSPS) is 16.0. The van der Waals surface area contributed by atoms with Crippen molar-refractivity contribution >= 4 is 16.7 Å². The van der Waals surface area contributed by atoms with Crippen molar-refractivity contribution in [2.75, 3.05) is 19.6 Å². The minimum absolute atomic E-state index is 0.291. The van der Waals surface area contributed by atoms with Crippen molar-refractivity contribution in [3.8, 4) is 0 Å². The molecule has 3 nitrogen and oxygen atoms in total. The molecular weight excluding hydrogens is 284 g/mol. The van der Waals surface area contributed by atoms with Gasteiger partial charge in [-0.05, 0) is 51.4 Å². The third-order valence-corrected chi connectivity index (χ3v) is 5.02. The fraction of sp³-hybridized carbons (Fsp3) is 0.550. The van der Waals surface area contributed by atoms with Crippen LogP contribution in [0.2, 0.25) is 0 Å². The zero-order valence-corrected chi connectivity index (χ0v) is 14.3. The van der Waals surface area contributed by atoms with Gasteiger partial charge >= 0.3 is 0 Å². The molecule has 3 heteroatoms. The van der Waals surface area contributed by atoms with E-state index in [0.29, 0.717) is 12.2 Å². The van der Waals surface area contributed by atoms with E-state index >= 15 is 0 Å². The zero-order chi connectivity index (χ0) is 16.1. The van der Waals surface area contributed by atoms with Gasteiger partial charge in [0.05, 0.1) is 0 Å². The van der Waals surface area contributed by atoms with Crippen molar-refractivity contribution in [2.24, 2.45) is 7.05 Å². The average Bonchev–Trinajstić information content (AvgIpc) is 2.93. The number of ketones is 1. The van der Waals surface area contributed by atoms with Gasteiger partial charge in [0.2, 0.25) is 0 Å². The van der Waals surface area contributed by atoms with Gasteiger partial charge in [-0.1, -0.05) is 31.0 Å². The molecule has 1 fully saturated rings. The topological polar surface area (TPSA) is 25.2 Å². The van der Waals surface area contributed by atoms with Gasteiger partial charge in [0.15, 0.2) is 5.78 Å². The molecule has 1 saturated heterocycles. The molecule has 0 amide bonds. The van der Waals surface area contributed by atoms with E-state index in [0.717, 1.165) is 29.3 Å². The van der Waals surface area contributed by atoms with Gasteiger partial charge in [-0.25, -0.2) is 0 Å². The summed E-state index contributed by atoms with van der Waals surface area (Å²) in [6.07, 6.45) is 10.2. The van der Waals surface area contributed by atoms with Crippen LogP contribution in [0.15, 0.2) is 30.5 Å². The van der Waals surface area contributed by atoms with E-state index in [1.165, 1.54) is 45.3 Å². The van der Waals surface area contributed by atoms with Gasteiger partial charge in [0.25, 0.3) is 0 Å². The molecule has 0 aliphatic carbocycles. The quantitative estimate of drug-likeness (QED) is 0.559. The molecule has 1 aromatic heterocycles. The van der Waals surface area contributed by atoms with Crippen LogP contribution in [-0.4, -0.2) is 34.9 Å². The first-order chi connectivity index (χ1) is 11.3. The molecule has 0 N–H and O–H groups in total. The van der Waals surface area contributed by atoms with Gasteiger partial charge < -0.3 is 9.47 Å². The van der Waals surface area contributed by atoms with Gasteiger partial charge in [-0.3, -0.25) is 4.79 Å². The summed E-state index contributed by atoms with van der Waals surface area (Å²) < 4.78 is 2.05. The highest BCUT2D eigenvalue weighted by Crippen LogP contribution is 2.22. The molecule has 2 heterocycles. The van der Waals surface area contributed by atoms with Crippen molar-refractivity contribution in [1.29, 1.82) is 0 Å². The highest BCUT2D eigenvalue weighted by Gasteiger charge is 2.13. The predicted octanol–water partition coefficient (Wildman–Crippen LogP) is 4.41. The number of Topliss-reactive ketones (excluding diaryl/α,β-unsaturated/α-hetero) is 1. The second-order valence-corrected chi connectivity index (χ2v) is 6.81. The largest absolute Gasteiger partial charge is 0.350 e. The van der Waals surface area contributed by atoms with Gasteiger partial charge in [0.1, 0.15) is 0 Å². The van der Waals surface area contributed by atoms with Crippen LogP contribution in [0.3, 0.4) is 0 Å². The second kappa shape index (κ2) is 7.78. The molecule has 3 rings (SSSR count). The predicted molar refractivity (Wildman–Crippen MR) is 96.0 cm³/mol. The van der Waals surface area contributed by atoms with Crippen molar-refractivity contribution in [1.82, 2.24) is 9.47 Å². The van der Waals surface area contributed by atoms with E-state index in [1.54, 1.807) is 0 Å². The summed E-state index contributed by atoms with van der Waals surface area (Å²) >= 11 is 0. The summed E-state index contributed by atoms with van der Waals surface area (Å²) in [5, 5.41) is 1.09. The molecule has 124 valence electrons. The van der Waals surface area contributed by atoms with E-state index < -0.39 is 0 Å². The van der Waals surface area contributed by atoms with Gasteiger partial charge in [-0.15, -0.1) is 0 Å². The number of carbonyl (C=O) groups is 1. The molecule has 2 aromatic rings. The Hall–Kier alpha value is -1.61. The summed E-state index contributed by atoms with van der Waals surface area (Å²) in [5.74, 6) is 0.291. The van der Waals surface area contributed by atoms with Crippen LogP contribution in [0.25, 0.3) is 10.9 Å². The maximum atomic E-state index is 12.5. The molecular formula is C20H28N2O. The fourth-order valence-electron chi connectivity index (χ4n) is 3.68. The second-order valence-electron chi connectivity index (χ2n) is 6.81. The number of piperidine rings is 1. The number of carbonyl (C=O) groups excluding carboxylic acids is 1. The number of aryl methyl sites for hydroxylation is 1. The Kier molecular flexibility index (Phi) is 5.50. The van der Waals surface area contributed by atoms with Crippen molar-refractivity contribution in [2.45, 2.75) is 44.9 Å². The van der Waals surface area contributed by atoms with Crippen molar-refractivity contribution < 1.29 is 4.79 Å². The summed E-state index contributed by atoms with van der Waals surface area (Å²) in [6, 6.07) is 8.17. The smallest absolute Gasteiger partial charge is 0.165 e. The van der Waals surface area contributed by atoms with Crippen LogP contribution in [0.5, 0.6) is 0 Å². The summed E-state index contributed by atoms with van der Waals surface area (Å²) in [5.41, 5.74) is 2.03. The van der Waals surface area contributed by atoms with Crippen LogP contribution < -0.4 is 0 Å². The first-order valence-electron chi connectivity index (χ1n) is 9.05. The highest BCUT2D eigenvalue weighted by molar-refractivity contribution is 6.08. The molecule has 0 atom stereocenters. The lowest BCUT2D eigenvalue weighted by Crippen LogP contribution is -2.30. The Morgan fingerprint density at radius 1 is 1.04 bits per heavy atom. The average molecular weight is 312 g/mol. The van der Waals surface area contributed by atoms with Crippen molar-refractivity contribution in [3.05, 3.63) is 36.0 Å². The number of benzene rings is 1. The number of nitrogens with zero attached hydrogens (tertiary/aromatic N) is 2. The summed E-state index contributed by atoms with van der Waals surface area (Å²) in [7, 11) is 2.01. The van der Waals surface area contributed by atoms with Gasteiger partial charge in [-0.2, -0.15) is 0 Å². The molecule has 0 spiro atoms. The highest BCUT2D eigenvalue weighted by atomic mass is 16.1. The van der Waals surface area contributed by atoms with Gasteiger partial charge in [0, 0.05) is 36.1 Å². The lowest BCUT2D eigenvalue weighted by Gasteiger charge is -2.26. The number of likely N-dealkylation sites (tertiary alicyclic amines) is 1.